The van der Waals surface area contributed by atoms with Crippen molar-refractivity contribution in [1.82, 2.24) is 0 Å². The van der Waals surface area contributed by atoms with Gasteiger partial charge in [-0.05, 0) is 6.08 Å². The summed E-state index contributed by atoms with van der Waals surface area (Å²) in [5, 5.41) is 10.9. The molecule has 86 valence electrons. The number of rotatable bonds is 3. The van der Waals surface area contributed by atoms with Crippen LogP contribution >= 0.6 is 35.6 Å². The van der Waals surface area contributed by atoms with E-state index in [2.05, 4.69) is 0 Å². The molecule has 0 fully saturated rings. The molecular weight excluding hydrogens is 260 g/mol. The zero-order chi connectivity index (χ0) is 10.8. The summed E-state index contributed by atoms with van der Waals surface area (Å²) in [4.78, 5) is 9.44. The number of carbonyl (C=O) groups is 1. The number of carboxylic acids is 1. The molecule has 0 heterocycles. The third-order valence-corrected chi connectivity index (χ3v) is 2.89. The molecule has 0 saturated carbocycles. The Balaban J connectivity index is 0.00000196. The van der Waals surface area contributed by atoms with E-state index in [9.17, 15) is 9.90 Å². The second-order valence-electron chi connectivity index (χ2n) is 3.26. The maximum absolute atomic E-state index is 10.4. The van der Waals surface area contributed by atoms with E-state index in [1.807, 2.05) is 0 Å². The summed E-state index contributed by atoms with van der Waals surface area (Å²) in [5.74, 6) is -1.21. The van der Waals surface area contributed by atoms with E-state index in [1.54, 1.807) is 18.2 Å². The minimum Gasteiger partial charge on any atom is -0.550 e. The third kappa shape index (κ3) is 4.03. The molecule has 0 saturated heterocycles. The van der Waals surface area contributed by atoms with Crippen LogP contribution in [0.25, 0.3) is 0 Å². The van der Waals surface area contributed by atoms with Crippen molar-refractivity contribution in [3.05, 3.63) is 23.3 Å². The molecule has 0 aromatic carbocycles. The average Bonchev–Trinajstić information content (AvgIpc) is 2.02. The Morgan fingerprint density at radius 3 is 2.80 bits per heavy atom. The summed E-state index contributed by atoms with van der Waals surface area (Å²) in [6, 6.07) is -0.701. The van der Waals surface area contributed by atoms with Gasteiger partial charge in [0.15, 0.2) is 0 Å². The fourth-order valence-electron chi connectivity index (χ4n) is 1.29. The molecule has 3 nitrogen and oxygen atoms in total. The molecule has 0 aliphatic heterocycles. The molecule has 6 heteroatoms. The molecule has 2 atom stereocenters. The summed E-state index contributed by atoms with van der Waals surface area (Å²) >= 11 is 11.9. The highest BCUT2D eigenvalue weighted by Crippen LogP contribution is 2.34. The van der Waals surface area contributed by atoms with Crippen LogP contribution in [0.4, 0.5) is 0 Å². The zero-order valence-electron chi connectivity index (χ0n) is 7.78. The summed E-state index contributed by atoms with van der Waals surface area (Å²) in [5.41, 5.74) is 5.66. The van der Waals surface area contributed by atoms with Crippen LogP contribution in [0.2, 0.25) is 0 Å². The number of nitrogens with two attached hydrogens (primary N) is 1. The van der Waals surface area contributed by atoms with Crippen molar-refractivity contribution < 1.29 is 9.90 Å². The van der Waals surface area contributed by atoms with E-state index >= 15 is 0 Å². The quantitative estimate of drug-likeness (QED) is 0.777. The number of aliphatic carboxylic acids is 1. The highest BCUT2D eigenvalue weighted by Gasteiger charge is 2.33. The molecule has 0 spiro atoms. The smallest absolute Gasteiger partial charge is 0.0831 e. The van der Waals surface area contributed by atoms with Crippen molar-refractivity contribution in [3.63, 3.8) is 0 Å². The molecule has 0 aromatic heterocycles. The molecular formula is C9H11Cl3NO2-. The molecule has 1 aliphatic carbocycles. The molecule has 1 rings (SSSR count). The number of carbonyl (C=O) groups excluding carboxylic acids is 1. The monoisotopic (exact) mass is 270 g/mol. The number of carboxylic acid groups (broad SMARTS) is 1. The maximum Gasteiger partial charge on any atom is 0.0831 e. The third-order valence-electron chi connectivity index (χ3n) is 2.09. The summed E-state index contributed by atoms with van der Waals surface area (Å²) in [6.45, 7) is 0. The molecule has 0 bridgehead atoms. The van der Waals surface area contributed by atoms with E-state index in [4.69, 9.17) is 28.9 Å². The Morgan fingerprint density at radius 1 is 1.73 bits per heavy atom. The summed E-state index contributed by atoms with van der Waals surface area (Å²) in [6.07, 6.45) is 5.11. The molecule has 2 N–H and O–H groups in total. The van der Waals surface area contributed by atoms with Gasteiger partial charge >= 0.3 is 0 Å². The van der Waals surface area contributed by atoms with Gasteiger partial charge in [0.2, 0.25) is 0 Å². The SMILES string of the molecule is Cl.NC(CC(=O)[O-])C1(Cl)C=CC=C(Cl)C1. The second kappa shape index (κ2) is 5.75. The lowest BCUT2D eigenvalue weighted by Gasteiger charge is -2.31. The Kier molecular flexibility index (Phi) is 5.67. The highest BCUT2D eigenvalue weighted by molar-refractivity contribution is 6.32. The highest BCUT2D eigenvalue weighted by atomic mass is 35.5. The van der Waals surface area contributed by atoms with Gasteiger partial charge in [-0.15, -0.1) is 24.0 Å². The van der Waals surface area contributed by atoms with Crippen LogP contribution in [-0.2, 0) is 4.79 Å². The van der Waals surface area contributed by atoms with Crippen molar-refractivity contribution in [1.29, 1.82) is 0 Å². The first kappa shape index (κ1) is 14.8. The number of allylic oxidation sites excluding steroid dienone is 3. The van der Waals surface area contributed by atoms with Crippen LogP contribution in [0.3, 0.4) is 0 Å². The standard InChI is InChI=1S/C9H11Cl2NO2.ClH/c10-6-2-1-3-9(11,5-6)7(12)4-8(13)14;/h1-3,7H,4-5,12H2,(H,13,14);1H/p-1. The Bertz CT molecular complexity index is 304. The maximum atomic E-state index is 10.4. The molecule has 15 heavy (non-hydrogen) atoms. The lowest BCUT2D eigenvalue weighted by atomic mass is 9.90. The van der Waals surface area contributed by atoms with Crippen molar-refractivity contribution >= 4 is 41.6 Å². The molecule has 0 radical (unpaired) electrons. The fraction of sp³-hybridized carbons (Fsp3) is 0.444. The lowest BCUT2D eigenvalue weighted by molar-refractivity contribution is -0.306. The normalized spacial score (nSPS) is 26.5. The fourth-order valence-corrected chi connectivity index (χ4v) is 1.95. The lowest BCUT2D eigenvalue weighted by Crippen LogP contribution is -2.46. The summed E-state index contributed by atoms with van der Waals surface area (Å²) in [7, 11) is 0. The summed E-state index contributed by atoms with van der Waals surface area (Å²) < 4.78 is 0. The van der Waals surface area contributed by atoms with Crippen molar-refractivity contribution in [3.8, 4) is 0 Å². The Hall–Kier alpha value is -0.220. The van der Waals surface area contributed by atoms with E-state index < -0.39 is 16.9 Å². The van der Waals surface area contributed by atoms with Crippen molar-refractivity contribution in [2.24, 2.45) is 5.73 Å². The second-order valence-corrected chi connectivity index (χ2v) is 4.45. The van der Waals surface area contributed by atoms with Gasteiger partial charge in [0.1, 0.15) is 0 Å². The van der Waals surface area contributed by atoms with Crippen LogP contribution in [0.15, 0.2) is 23.3 Å². The van der Waals surface area contributed by atoms with Crippen LogP contribution < -0.4 is 10.8 Å². The topological polar surface area (TPSA) is 66.2 Å². The molecule has 0 amide bonds. The molecule has 1 aliphatic rings. The largest absolute Gasteiger partial charge is 0.550 e. The zero-order valence-corrected chi connectivity index (χ0v) is 10.1. The van der Waals surface area contributed by atoms with Crippen LogP contribution in [-0.4, -0.2) is 16.9 Å². The average molecular weight is 272 g/mol. The van der Waals surface area contributed by atoms with Crippen molar-refractivity contribution in [2.75, 3.05) is 0 Å². The first-order chi connectivity index (χ1) is 6.44. The predicted octanol–water partition coefficient (Wildman–Crippen LogP) is 0.936. The van der Waals surface area contributed by atoms with E-state index in [-0.39, 0.29) is 18.8 Å². The van der Waals surface area contributed by atoms with Gasteiger partial charge in [0, 0.05) is 29.9 Å². The van der Waals surface area contributed by atoms with Gasteiger partial charge in [-0.2, -0.15) is 0 Å². The Labute approximate surface area is 104 Å². The van der Waals surface area contributed by atoms with Gasteiger partial charge in [-0.3, -0.25) is 0 Å². The minimum atomic E-state index is -1.21. The van der Waals surface area contributed by atoms with Gasteiger partial charge in [0.25, 0.3) is 0 Å². The van der Waals surface area contributed by atoms with Gasteiger partial charge < -0.3 is 15.6 Å². The predicted molar refractivity (Wildman–Crippen MR) is 61.1 cm³/mol. The number of hydrogen-bond donors (Lipinski definition) is 1. The van der Waals surface area contributed by atoms with E-state index in [1.165, 1.54) is 0 Å². The van der Waals surface area contributed by atoms with Crippen LogP contribution in [0.1, 0.15) is 12.8 Å². The van der Waals surface area contributed by atoms with Gasteiger partial charge in [0.05, 0.1) is 4.87 Å². The van der Waals surface area contributed by atoms with E-state index in [0.29, 0.717) is 11.5 Å². The van der Waals surface area contributed by atoms with Gasteiger partial charge in [-0.25, -0.2) is 0 Å². The number of alkyl halides is 1. The van der Waals surface area contributed by atoms with Crippen molar-refractivity contribution in [2.45, 2.75) is 23.8 Å². The van der Waals surface area contributed by atoms with Gasteiger partial charge in [-0.1, -0.05) is 23.8 Å². The first-order valence-electron chi connectivity index (χ1n) is 4.12. The number of halogens is 3. The van der Waals surface area contributed by atoms with E-state index in [0.717, 1.165) is 0 Å². The minimum absolute atomic E-state index is 0. The van der Waals surface area contributed by atoms with Crippen LogP contribution in [0, 0.1) is 0 Å². The number of hydrogen-bond acceptors (Lipinski definition) is 3. The molecule has 2 unspecified atom stereocenters. The van der Waals surface area contributed by atoms with Crippen LogP contribution in [0.5, 0.6) is 0 Å². The Morgan fingerprint density at radius 2 is 2.33 bits per heavy atom. The first-order valence-corrected chi connectivity index (χ1v) is 4.88. The molecule has 0 aromatic rings.